The summed E-state index contributed by atoms with van der Waals surface area (Å²) in [5.74, 6) is 0.104. The van der Waals surface area contributed by atoms with Crippen molar-refractivity contribution in [1.29, 1.82) is 0 Å². The lowest BCUT2D eigenvalue weighted by atomic mass is 10.5. The maximum Gasteiger partial charge on any atom is 0.244 e. The van der Waals surface area contributed by atoms with Gasteiger partial charge < -0.3 is 10.5 Å². The molecule has 0 aliphatic carbocycles. The highest BCUT2D eigenvalue weighted by Gasteiger charge is 2.21. The van der Waals surface area contributed by atoms with Crippen molar-refractivity contribution in [2.75, 3.05) is 32.5 Å². The first-order chi connectivity index (χ1) is 8.39. The molecule has 18 heavy (non-hydrogen) atoms. The lowest BCUT2D eigenvalue weighted by molar-refractivity contribution is 0.138. The van der Waals surface area contributed by atoms with E-state index in [0.29, 0.717) is 13.2 Å². The summed E-state index contributed by atoms with van der Waals surface area (Å²) in [5, 5.41) is 0.120. The van der Waals surface area contributed by atoms with Gasteiger partial charge in [0, 0.05) is 26.4 Å². The van der Waals surface area contributed by atoms with Gasteiger partial charge in [0.2, 0.25) is 10.0 Å². The average molecular weight is 294 g/mol. The van der Waals surface area contributed by atoms with E-state index in [1.807, 2.05) is 6.92 Å². The number of halogens is 1. The normalized spacial score (nSPS) is 12.0. The van der Waals surface area contributed by atoms with E-state index in [2.05, 4.69) is 4.98 Å². The van der Waals surface area contributed by atoms with Crippen LogP contribution in [0.15, 0.2) is 17.2 Å². The molecule has 0 aliphatic rings. The molecule has 1 aromatic rings. The molecule has 0 radical (unpaired) electrons. The number of aromatic nitrogens is 1. The van der Waals surface area contributed by atoms with Gasteiger partial charge in [-0.3, -0.25) is 0 Å². The van der Waals surface area contributed by atoms with Gasteiger partial charge in [-0.25, -0.2) is 13.4 Å². The molecule has 0 aliphatic heterocycles. The molecule has 0 fully saturated rings. The first kappa shape index (κ1) is 15.2. The number of likely N-dealkylation sites (N-methyl/N-ethyl adjacent to an activating group) is 1. The van der Waals surface area contributed by atoms with Gasteiger partial charge in [-0.15, -0.1) is 0 Å². The summed E-state index contributed by atoms with van der Waals surface area (Å²) in [5.41, 5.74) is 5.43. The molecule has 0 saturated carbocycles. The lowest BCUT2D eigenvalue weighted by Crippen LogP contribution is -2.30. The number of hydrogen-bond donors (Lipinski definition) is 1. The fourth-order valence-corrected chi connectivity index (χ4v) is 2.57. The molecule has 2 N–H and O–H groups in total. The predicted molar refractivity (Wildman–Crippen MR) is 70.0 cm³/mol. The van der Waals surface area contributed by atoms with Crippen LogP contribution in [0.3, 0.4) is 0 Å². The number of nitrogens with zero attached hydrogens (tertiary/aromatic N) is 2. The highest BCUT2D eigenvalue weighted by molar-refractivity contribution is 7.89. The number of ether oxygens (including phenoxy) is 1. The fourth-order valence-electron chi connectivity index (χ4n) is 1.21. The Labute approximate surface area is 112 Å². The minimum absolute atomic E-state index is 0.0145. The molecule has 0 bridgehead atoms. The second-order valence-electron chi connectivity index (χ2n) is 3.56. The average Bonchev–Trinajstić information content (AvgIpc) is 2.32. The third kappa shape index (κ3) is 3.55. The molecule has 0 amide bonds. The van der Waals surface area contributed by atoms with Crippen LogP contribution in [0, 0.1) is 0 Å². The van der Waals surface area contributed by atoms with Gasteiger partial charge in [-0.2, -0.15) is 4.31 Å². The van der Waals surface area contributed by atoms with Crippen LogP contribution >= 0.6 is 11.6 Å². The molecule has 1 aromatic heterocycles. The summed E-state index contributed by atoms with van der Waals surface area (Å²) in [6, 6.07) is 1.29. The van der Waals surface area contributed by atoms with Crippen molar-refractivity contribution >= 4 is 27.4 Å². The summed E-state index contributed by atoms with van der Waals surface area (Å²) in [4.78, 5) is 3.75. The van der Waals surface area contributed by atoms with Crippen LogP contribution in [0.1, 0.15) is 6.92 Å². The molecule has 6 nitrogen and oxygen atoms in total. The highest BCUT2D eigenvalue weighted by Crippen LogP contribution is 2.21. The first-order valence-corrected chi connectivity index (χ1v) is 7.16. The van der Waals surface area contributed by atoms with Crippen molar-refractivity contribution in [2.45, 2.75) is 11.8 Å². The minimum atomic E-state index is -3.61. The summed E-state index contributed by atoms with van der Waals surface area (Å²) in [6.45, 7) is 2.99. The van der Waals surface area contributed by atoms with E-state index in [4.69, 9.17) is 22.1 Å². The number of rotatable bonds is 6. The molecule has 8 heteroatoms. The third-order valence-corrected chi connectivity index (χ3v) is 4.43. The topological polar surface area (TPSA) is 85.5 Å². The van der Waals surface area contributed by atoms with Crippen LogP contribution < -0.4 is 5.73 Å². The van der Waals surface area contributed by atoms with Crippen LogP contribution in [-0.4, -0.2) is 44.5 Å². The number of sulfonamides is 1. The quantitative estimate of drug-likeness (QED) is 0.790. The van der Waals surface area contributed by atoms with E-state index in [-0.39, 0.29) is 22.3 Å². The van der Waals surface area contributed by atoms with Crippen LogP contribution in [-0.2, 0) is 14.8 Å². The molecule has 1 heterocycles. The van der Waals surface area contributed by atoms with Crippen LogP contribution in [0.4, 0.5) is 5.82 Å². The van der Waals surface area contributed by atoms with E-state index < -0.39 is 10.0 Å². The second kappa shape index (κ2) is 6.33. The molecule has 0 saturated heterocycles. The fraction of sp³-hybridized carbons (Fsp3) is 0.500. The Morgan fingerprint density at radius 2 is 2.22 bits per heavy atom. The summed E-state index contributed by atoms with van der Waals surface area (Å²) in [7, 11) is -2.14. The van der Waals surface area contributed by atoms with E-state index in [1.165, 1.54) is 23.6 Å². The maximum atomic E-state index is 12.1. The third-order valence-electron chi connectivity index (χ3n) is 2.31. The highest BCUT2D eigenvalue weighted by atomic mass is 35.5. The molecule has 102 valence electrons. The standard InChI is InChI=1S/C10H16ClN3O3S/c1-3-17-5-4-14(2)18(15,16)8-6-9(11)10(12)13-7-8/h6-7H,3-5H2,1-2H3,(H2,12,13). The zero-order valence-corrected chi connectivity index (χ0v) is 11.8. The summed E-state index contributed by atoms with van der Waals surface area (Å²) < 4.78 is 30.5. The Bertz CT molecular complexity index is 507. The van der Waals surface area contributed by atoms with Gasteiger partial charge in [0.05, 0.1) is 11.6 Å². The minimum Gasteiger partial charge on any atom is -0.382 e. The SMILES string of the molecule is CCOCCN(C)S(=O)(=O)c1cnc(N)c(Cl)c1. The molecule has 0 atom stereocenters. The maximum absolute atomic E-state index is 12.1. The summed E-state index contributed by atoms with van der Waals surface area (Å²) in [6.07, 6.45) is 1.19. The van der Waals surface area contributed by atoms with E-state index >= 15 is 0 Å². The van der Waals surface area contributed by atoms with Gasteiger partial charge in [0.25, 0.3) is 0 Å². The van der Waals surface area contributed by atoms with Crippen molar-refractivity contribution in [2.24, 2.45) is 0 Å². The Balaban J connectivity index is 2.88. The smallest absolute Gasteiger partial charge is 0.244 e. The van der Waals surface area contributed by atoms with Crippen LogP contribution in [0.5, 0.6) is 0 Å². The van der Waals surface area contributed by atoms with Gasteiger partial charge in [0.15, 0.2) is 0 Å². The van der Waals surface area contributed by atoms with Crippen LogP contribution in [0.2, 0.25) is 5.02 Å². The number of nitrogen functional groups attached to an aromatic ring is 1. The van der Waals surface area contributed by atoms with Gasteiger partial charge in [-0.05, 0) is 13.0 Å². The van der Waals surface area contributed by atoms with Crippen molar-refractivity contribution in [1.82, 2.24) is 9.29 Å². The first-order valence-electron chi connectivity index (χ1n) is 5.34. The van der Waals surface area contributed by atoms with E-state index in [0.717, 1.165) is 0 Å². The predicted octanol–water partition coefficient (Wildman–Crippen LogP) is 0.974. The number of nitrogens with two attached hydrogens (primary N) is 1. The number of anilines is 1. The van der Waals surface area contributed by atoms with Gasteiger partial charge in [-0.1, -0.05) is 11.6 Å². The van der Waals surface area contributed by atoms with Crippen molar-refractivity contribution in [3.63, 3.8) is 0 Å². The van der Waals surface area contributed by atoms with Crippen LogP contribution in [0.25, 0.3) is 0 Å². The Hall–Kier alpha value is -0.890. The molecule has 0 spiro atoms. The monoisotopic (exact) mass is 293 g/mol. The summed E-state index contributed by atoms with van der Waals surface area (Å²) >= 11 is 5.76. The Morgan fingerprint density at radius 1 is 1.56 bits per heavy atom. The second-order valence-corrected chi connectivity index (χ2v) is 6.01. The number of pyridine rings is 1. The Morgan fingerprint density at radius 3 is 2.78 bits per heavy atom. The van der Waals surface area contributed by atoms with Gasteiger partial charge in [0.1, 0.15) is 10.7 Å². The van der Waals surface area contributed by atoms with Gasteiger partial charge >= 0.3 is 0 Å². The largest absolute Gasteiger partial charge is 0.382 e. The zero-order valence-electron chi connectivity index (χ0n) is 10.3. The van der Waals surface area contributed by atoms with Crippen molar-refractivity contribution < 1.29 is 13.2 Å². The molecule has 1 rings (SSSR count). The Kier molecular flexibility index (Phi) is 5.33. The molecular weight excluding hydrogens is 278 g/mol. The zero-order chi connectivity index (χ0) is 13.8. The van der Waals surface area contributed by atoms with Crippen molar-refractivity contribution in [3.8, 4) is 0 Å². The molecule has 0 unspecified atom stereocenters. The van der Waals surface area contributed by atoms with E-state index in [9.17, 15) is 8.42 Å². The number of hydrogen-bond acceptors (Lipinski definition) is 5. The van der Waals surface area contributed by atoms with Crippen molar-refractivity contribution in [3.05, 3.63) is 17.3 Å². The molecular formula is C10H16ClN3O3S. The lowest BCUT2D eigenvalue weighted by Gasteiger charge is -2.17. The molecule has 0 aromatic carbocycles. The van der Waals surface area contributed by atoms with E-state index in [1.54, 1.807) is 0 Å².